The summed E-state index contributed by atoms with van der Waals surface area (Å²) in [5.74, 6) is 0.857. The molecule has 0 unspecified atom stereocenters. The van der Waals surface area contributed by atoms with Crippen LogP contribution in [0.15, 0.2) is 59.3 Å². The number of carbonyl (C=O) groups is 1. The zero-order valence-electron chi connectivity index (χ0n) is 16.6. The van der Waals surface area contributed by atoms with Gasteiger partial charge in [0.25, 0.3) is 5.91 Å². The molecule has 4 heterocycles. The molecule has 4 aromatic rings. The standard InChI is InChI=1S/C23H21FN4O2/c1-15-4-2-6-21-26-19(14-28(15)21)23(29)27-11-3-5-20(27)22-25-13-18(30-22)12-16-7-9-17(24)10-8-16/h2,4,6-10,13-14,20H,3,5,11-12H2,1H3/t20-/m1/s1. The topological polar surface area (TPSA) is 63.6 Å². The van der Waals surface area contributed by atoms with E-state index in [1.165, 1.54) is 12.1 Å². The van der Waals surface area contributed by atoms with Gasteiger partial charge >= 0.3 is 0 Å². The van der Waals surface area contributed by atoms with Crippen LogP contribution in [0.1, 0.15) is 52.3 Å². The van der Waals surface area contributed by atoms with Gasteiger partial charge in [-0.25, -0.2) is 14.4 Å². The van der Waals surface area contributed by atoms with E-state index in [9.17, 15) is 9.18 Å². The van der Waals surface area contributed by atoms with E-state index in [0.717, 1.165) is 29.7 Å². The first-order valence-corrected chi connectivity index (χ1v) is 10.0. The summed E-state index contributed by atoms with van der Waals surface area (Å²) in [5, 5.41) is 0. The van der Waals surface area contributed by atoms with Crippen molar-refractivity contribution in [3.63, 3.8) is 0 Å². The molecule has 0 N–H and O–H groups in total. The number of imidazole rings is 1. The molecule has 7 heteroatoms. The second-order valence-corrected chi connectivity index (χ2v) is 7.65. The van der Waals surface area contributed by atoms with Gasteiger partial charge in [0.1, 0.15) is 29.0 Å². The molecule has 30 heavy (non-hydrogen) atoms. The first-order valence-electron chi connectivity index (χ1n) is 10.0. The molecule has 0 saturated carbocycles. The fourth-order valence-electron chi connectivity index (χ4n) is 4.03. The van der Waals surface area contributed by atoms with Crippen molar-refractivity contribution in [3.05, 3.63) is 89.3 Å². The van der Waals surface area contributed by atoms with Gasteiger partial charge in [0, 0.05) is 24.9 Å². The van der Waals surface area contributed by atoms with Crippen molar-refractivity contribution >= 4 is 11.6 Å². The van der Waals surface area contributed by atoms with Crippen LogP contribution in [0.3, 0.4) is 0 Å². The van der Waals surface area contributed by atoms with Crippen LogP contribution < -0.4 is 0 Å². The number of likely N-dealkylation sites (tertiary alicyclic amines) is 1. The second kappa shape index (κ2) is 7.40. The highest BCUT2D eigenvalue weighted by Crippen LogP contribution is 2.33. The molecule has 1 saturated heterocycles. The summed E-state index contributed by atoms with van der Waals surface area (Å²) in [4.78, 5) is 23.9. The smallest absolute Gasteiger partial charge is 0.274 e. The van der Waals surface area contributed by atoms with Crippen LogP contribution in [-0.2, 0) is 6.42 Å². The summed E-state index contributed by atoms with van der Waals surface area (Å²) < 4.78 is 21.0. The number of rotatable bonds is 4. The number of amides is 1. The lowest BCUT2D eigenvalue weighted by molar-refractivity contribution is 0.0709. The Kier molecular flexibility index (Phi) is 4.58. The van der Waals surface area contributed by atoms with Gasteiger partial charge in [-0.05, 0) is 49.6 Å². The van der Waals surface area contributed by atoms with E-state index in [1.807, 2.05) is 29.5 Å². The minimum absolute atomic E-state index is 0.112. The Morgan fingerprint density at radius 3 is 2.87 bits per heavy atom. The van der Waals surface area contributed by atoms with Crippen molar-refractivity contribution in [2.75, 3.05) is 6.54 Å². The highest BCUT2D eigenvalue weighted by Gasteiger charge is 2.34. The number of aromatic nitrogens is 3. The predicted molar refractivity (Wildman–Crippen MR) is 109 cm³/mol. The largest absolute Gasteiger partial charge is 0.443 e. The lowest BCUT2D eigenvalue weighted by atomic mass is 10.1. The van der Waals surface area contributed by atoms with Crippen molar-refractivity contribution in [1.82, 2.24) is 19.3 Å². The third-order valence-electron chi connectivity index (χ3n) is 5.58. The first-order chi connectivity index (χ1) is 14.6. The number of pyridine rings is 1. The Morgan fingerprint density at radius 1 is 1.23 bits per heavy atom. The average Bonchev–Trinajstić information content (AvgIpc) is 3.48. The maximum absolute atomic E-state index is 13.2. The van der Waals surface area contributed by atoms with E-state index < -0.39 is 0 Å². The Hall–Kier alpha value is -3.48. The maximum Gasteiger partial charge on any atom is 0.274 e. The Bertz CT molecular complexity index is 1210. The number of hydrogen-bond acceptors (Lipinski definition) is 4. The third-order valence-corrected chi connectivity index (χ3v) is 5.58. The Balaban J connectivity index is 1.37. The minimum atomic E-state index is -0.265. The summed E-state index contributed by atoms with van der Waals surface area (Å²) in [6.45, 7) is 2.63. The van der Waals surface area contributed by atoms with E-state index >= 15 is 0 Å². The number of hydrogen-bond donors (Lipinski definition) is 0. The molecular formula is C23H21FN4O2. The molecule has 0 bridgehead atoms. The molecule has 1 amide bonds. The van der Waals surface area contributed by atoms with Gasteiger partial charge in [-0.3, -0.25) is 4.79 Å². The monoisotopic (exact) mass is 404 g/mol. The zero-order chi connectivity index (χ0) is 20.7. The van der Waals surface area contributed by atoms with Crippen molar-refractivity contribution in [2.45, 2.75) is 32.2 Å². The number of benzene rings is 1. The molecule has 152 valence electrons. The summed E-state index contributed by atoms with van der Waals surface area (Å²) in [6.07, 6.45) is 5.69. The van der Waals surface area contributed by atoms with Crippen LogP contribution in [0.4, 0.5) is 4.39 Å². The van der Waals surface area contributed by atoms with Crippen LogP contribution in [0.25, 0.3) is 5.65 Å². The summed E-state index contributed by atoms with van der Waals surface area (Å²) in [5.41, 5.74) is 3.15. The quantitative estimate of drug-likeness (QED) is 0.508. The number of nitrogens with zero attached hydrogens (tertiary/aromatic N) is 4. The highest BCUT2D eigenvalue weighted by molar-refractivity contribution is 5.93. The predicted octanol–water partition coefficient (Wildman–Crippen LogP) is 4.34. The van der Waals surface area contributed by atoms with E-state index in [0.29, 0.717) is 30.3 Å². The molecule has 1 aromatic carbocycles. The fraction of sp³-hybridized carbons (Fsp3) is 0.261. The summed E-state index contributed by atoms with van der Waals surface area (Å²) in [7, 11) is 0. The van der Waals surface area contributed by atoms with Gasteiger partial charge in [0.2, 0.25) is 5.89 Å². The first kappa shape index (κ1) is 18.5. The normalized spacial score (nSPS) is 16.5. The molecule has 0 radical (unpaired) electrons. The lowest BCUT2D eigenvalue weighted by Crippen LogP contribution is -2.31. The van der Waals surface area contributed by atoms with E-state index in [-0.39, 0.29) is 17.8 Å². The number of fused-ring (bicyclic) bond motifs is 1. The molecule has 6 nitrogen and oxygen atoms in total. The number of halogens is 1. The fourth-order valence-corrected chi connectivity index (χ4v) is 4.03. The van der Waals surface area contributed by atoms with Crippen molar-refractivity contribution in [2.24, 2.45) is 0 Å². The van der Waals surface area contributed by atoms with E-state index in [4.69, 9.17) is 4.42 Å². The van der Waals surface area contributed by atoms with Gasteiger partial charge in [-0.1, -0.05) is 18.2 Å². The molecule has 3 aromatic heterocycles. The van der Waals surface area contributed by atoms with Crippen molar-refractivity contribution in [3.8, 4) is 0 Å². The minimum Gasteiger partial charge on any atom is -0.443 e. The lowest BCUT2D eigenvalue weighted by Gasteiger charge is -2.21. The van der Waals surface area contributed by atoms with Crippen LogP contribution in [-0.4, -0.2) is 31.7 Å². The molecule has 1 aliphatic rings. The van der Waals surface area contributed by atoms with Crippen LogP contribution in [0, 0.1) is 12.7 Å². The van der Waals surface area contributed by atoms with Gasteiger partial charge in [-0.2, -0.15) is 0 Å². The van der Waals surface area contributed by atoms with Crippen LogP contribution in [0.2, 0.25) is 0 Å². The van der Waals surface area contributed by atoms with Gasteiger partial charge < -0.3 is 13.7 Å². The summed E-state index contributed by atoms with van der Waals surface area (Å²) in [6, 6.07) is 11.9. The molecule has 0 aliphatic carbocycles. The van der Waals surface area contributed by atoms with Crippen LogP contribution >= 0.6 is 0 Å². The Morgan fingerprint density at radius 2 is 2.07 bits per heavy atom. The Labute approximate surface area is 173 Å². The van der Waals surface area contributed by atoms with E-state index in [2.05, 4.69) is 9.97 Å². The van der Waals surface area contributed by atoms with E-state index in [1.54, 1.807) is 29.4 Å². The van der Waals surface area contributed by atoms with Gasteiger partial charge in [0.05, 0.1) is 6.20 Å². The maximum atomic E-state index is 13.2. The molecule has 1 fully saturated rings. The van der Waals surface area contributed by atoms with Gasteiger partial charge in [-0.15, -0.1) is 0 Å². The van der Waals surface area contributed by atoms with Gasteiger partial charge in [0.15, 0.2) is 0 Å². The SMILES string of the molecule is Cc1cccc2nc(C(=O)N3CCC[C@@H]3c3ncc(Cc4ccc(F)cc4)o3)cn12. The molecule has 0 spiro atoms. The second-order valence-electron chi connectivity index (χ2n) is 7.65. The molecule has 1 atom stereocenters. The molecule has 1 aliphatic heterocycles. The van der Waals surface area contributed by atoms with Crippen molar-refractivity contribution < 1.29 is 13.6 Å². The third kappa shape index (κ3) is 3.36. The number of aryl methyl sites for hydroxylation is 1. The van der Waals surface area contributed by atoms with Crippen molar-refractivity contribution in [1.29, 1.82) is 0 Å². The summed E-state index contributed by atoms with van der Waals surface area (Å²) >= 11 is 0. The zero-order valence-corrected chi connectivity index (χ0v) is 16.6. The highest BCUT2D eigenvalue weighted by atomic mass is 19.1. The number of carbonyl (C=O) groups excluding carboxylic acids is 1. The molecule has 5 rings (SSSR count). The number of oxazole rings is 1. The average molecular weight is 404 g/mol. The molecular weight excluding hydrogens is 383 g/mol. The van der Waals surface area contributed by atoms with Crippen LogP contribution in [0.5, 0.6) is 0 Å².